The summed E-state index contributed by atoms with van der Waals surface area (Å²) in [6.07, 6.45) is 2.13. The van der Waals surface area contributed by atoms with Gasteiger partial charge in [-0.15, -0.1) is 0 Å². The summed E-state index contributed by atoms with van der Waals surface area (Å²) in [5.74, 6) is -0.448. The van der Waals surface area contributed by atoms with E-state index >= 15 is 0 Å². The van der Waals surface area contributed by atoms with Gasteiger partial charge in [-0.2, -0.15) is 4.31 Å². The highest BCUT2D eigenvalue weighted by molar-refractivity contribution is 9.10. The number of nitrogens with zero attached hydrogens (tertiary/aromatic N) is 2. The molecule has 0 aliphatic carbocycles. The second-order valence-corrected chi connectivity index (χ2v) is 9.87. The molecule has 0 N–H and O–H groups in total. The van der Waals surface area contributed by atoms with E-state index in [0.717, 1.165) is 17.5 Å². The molecule has 1 unspecified atom stereocenters. The Morgan fingerprint density at radius 3 is 2.57 bits per heavy atom. The summed E-state index contributed by atoms with van der Waals surface area (Å²) in [4.78, 5) is 13.7. The third-order valence-electron chi connectivity index (χ3n) is 5.45. The van der Waals surface area contributed by atoms with Crippen LogP contribution in [0.1, 0.15) is 36.9 Å². The van der Waals surface area contributed by atoms with Crippen molar-refractivity contribution in [1.29, 1.82) is 0 Å². The van der Waals surface area contributed by atoms with E-state index in [1.165, 1.54) is 23.4 Å². The molecule has 1 amide bonds. The summed E-state index contributed by atoms with van der Waals surface area (Å²) in [6.45, 7) is 2.45. The Labute approximate surface area is 172 Å². The SMILES string of the molecule is CC(=O)N1CCc2cc(Br)c(S(=O)(=O)N3CCCC3c3ccc(F)cc3)cc21. The lowest BCUT2D eigenvalue weighted by atomic mass is 10.1. The topological polar surface area (TPSA) is 57.7 Å². The monoisotopic (exact) mass is 466 g/mol. The van der Waals surface area contributed by atoms with Crippen LogP contribution in [0.4, 0.5) is 10.1 Å². The fraction of sp³-hybridized carbons (Fsp3) is 0.350. The predicted molar refractivity (Wildman–Crippen MR) is 108 cm³/mol. The smallest absolute Gasteiger partial charge is 0.244 e. The molecular weight excluding hydrogens is 447 g/mol. The molecule has 0 bridgehead atoms. The van der Waals surface area contributed by atoms with Crippen molar-refractivity contribution in [1.82, 2.24) is 4.31 Å². The lowest BCUT2D eigenvalue weighted by Gasteiger charge is -2.26. The highest BCUT2D eigenvalue weighted by Crippen LogP contribution is 2.41. The summed E-state index contributed by atoms with van der Waals surface area (Å²) < 4.78 is 42.3. The second-order valence-electron chi connectivity index (χ2n) is 7.16. The van der Waals surface area contributed by atoms with Gasteiger partial charge in [-0.1, -0.05) is 12.1 Å². The van der Waals surface area contributed by atoms with Gasteiger partial charge in [0.1, 0.15) is 5.82 Å². The highest BCUT2D eigenvalue weighted by Gasteiger charge is 2.38. The Morgan fingerprint density at radius 2 is 1.89 bits per heavy atom. The number of fused-ring (bicyclic) bond motifs is 1. The van der Waals surface area contributed by atoms with Crippen LogP contribution < -0.4 is 4.90 Å². The molecule has 0 aromatic heterocycles. The third kappa shape index (κ3) is 3.27. The van der Waals surface area contributed by atoms with Crippen LogP contribution in [0.2, 0.25) is 0 Å². The average Bonchev–Trinajstić information content (AvgIpc) is 3.28. The standard InChI is InChI=1S/C20H20BrFN2O3S/c1-13(25)23-10-8-15-11-17(21)20(12-19(15)23)28(26,27)24-9-2-3-18(24)14-4-6-16(22)7-5-14/h4-7,11-12,18H,2-3,8-10H2,1H3. The van der Waals surface area contributed by atoms with Crippen molar-refractivity contribution in [3.63, 3.8) is 0 Å². The van der Waals surface area contributed by atoms with Gasteiger partial charge in [0.25, 0.3) is 0 Å². The van der Waals surface area contributed by atoms with E-state index in [2.05, 4.69) is 15.9 Å². The molecule has 2 heterocycles. The van der Waals surface area contributed by atoms with Crippen LogP contribution in [0.15, 0.2) is 45.8 Å². The maximum atomic E-state index is 13.5. The zero-order chi connectivity index (χ0) is 20.1. The van der Waals surface area contributed by atoms with Crippen molar-refractivity contribution in [2.45, 2.75) is 37.1 Å². The molecule has 28 heavy (non-hydrogen) atoms. The lowest BCUT2D eigenvalue weighted by Crippen LogP contribution is -2.31. The van der Waals surface area contributed by atoms with E-state index in [9.17, 15) is 17.6 Å². The minimum atomic E-state index is -3.79. The first kappa shape index (κ1) is 19.5. The van der Waals surface area contributed by atoms with Gasteiger partial charge in [-0.3, -0.25) is 4.79 Å². The summed E-state index contributed by atoms with van der Waals surface area (Å²) >= 11 is 3.42. The Hall–Kier alpha value is -1.77. The summed E-state index contributed by atoms with van der Waals surface area (Å²) in [7, 11) is -3.79. The molecule has 1 saturated heterocycles. The van der Waals surface area contributed by atoms with E-state index < -0.39 is 10.0 Å². The van der Waals surface area contributed by atoms with Crippen LogP contribution >= 0.6 is 15.9 Å². The van der Waals surface area contributed by atoms with Crippen LogP contribution in [0.25, 0.3) is 0 Å². The molecule has 5 nitrogen and oxygen atoms in total. The molecule has 2 aromatic rings. The first-order valence-corrected chi connectivity index (χ1v) is 11.4. The Balaban J connectivity index is 1.75. The number of halogens is 2. The second kappa shape index (κ2) is 7.24. The van der Waals surface area contributed by atoms with Gasteiger partial charge in [0, 0.05) is 30.2 Å². The summed E-state index contributed by atoms with van der Waals surface area (Å²) in [5, 5.41) is 0. The quantitative estimate of drug-likeness (QED) is 0.685. The van der Waals surface area contributed by atoms with Crippen LogP contribution in [-0.2, 0) is 21.2 Å². The first-order valence-electron chi connectivity index (χ1n) is 9.17. The fourth-order valence-corrected chi connectivity index (χ4v) is 6.84. The van der Waals surface area contributed by atoms with Crippen molar-refractivity contribution in [2.24, 2.45) is 0 Å². The van der Waals surface area contributed by atoms with E-state index in [4.69, 9.17) is 0 Å². The third-order valence-corrected chi connectivity index (χ3v) is 8.32. The molecule has 0 saturated carbocycles. The zero-order valence-electron chi connectivity index (χ0n) is 15.4. The van der Waals surface area contributed by atoms with Crippen molar-refractivity contribution in [3.05, 3.63) is 57.8 Å². The molecule has 1 fully saturated rings. The molecule has 2 aromatic carbocycles. The Morgan fingerprint density at radius 1 is 1.18 bits per heavy atom. The van der Waals surface area contributed by atoms with Gasteiger partial charge in [0.05, 0.1) is 10.9 Å². The number of sulfonamides is 1. The van der Waals surface area contributed by atoms with Crippen molar-refractivity contribution >= 4 is 37.5 Å². The molecule has 1 atom stereocenters. The molecule has 2 aliphatic rings. The van der Waals surface area contributed by atoms with E-state index in [-0.39, 0.29) is 22.7 Å². The Bertz CT molecular complexity index is 1040. The summed E-state index contributed by atoms with van der Waals surface area (Å²) in [5.41, 5.74) is 2.40. The normalized spacial score (nSPS) is 19.8. The number of amides is 1. The van der Waals surface area contributed by atoms with Crippen molar-refractivity contribution in [2.75, 3.05) is 18.0 Å². The van der Waals surface area contributed by atoms with Crippen molar-refractivity contribution < 1.29 is 17.6 Å². The van der Waals surface area contributed by atoms with Gasteiger partial charge in [0.15, 0.2) is 0 Å². The van der Waals surface area contributed by atoms with E-state index in [0.29, 0.717) is 36.1 Å². The van der Waals surface area contributed by atoms with E-state index in [1.54, 1.807) is 29.2 Å². The molecule has 0 spiro atoms. The van der Waals surface area contributed by atoms with Crippen LogP contribution in [0, 0.1) is 5.82 Å². The number of benzene rings is 2. The van der Waals surface area contributed by atoms with E-state index in [1.807, 2.05) is 0 Å². The minimum Gasteiger partial charge on any atom is -0.312 e. The number of hydrogen-bond acceptors (Lipinski definition) is 3. The number of anilines is 1. The van der Waals surface area contributed by atoms with Gasteiger partial charge in [0.2, 0.25) is 15.9 Å². The molecule has 2 aliphatic heterocycles. The van der Waals surface area contributed by atoms with Crippen LogP contribution in [-0.4, -0.2) is 31.7 Å². The highest BCUT2D eigenvalue weighted by atomic mass is 79.9. The lowest BCUT2D eigenvalue weighted by molar-refractivity contribution is -0.116. The van der Waals surface area contributed by atoms with Gasteiger partial charge >= 0.3 is 0 Å². The zero-order valence-corrected chi connectivity index (χ0v) is 17.8. The molecule has 0 radical (unpaired) electrons. The average molecular weight is 467 g/mol. The fourth-order valence-electron chi connectivity index (χ4n) is 4.08. The first-order chi connectivity index (χ1) is 13.3. The molecule has 4 rings (SSSR count). The summed E-state index contributed by atoms with van der Waals surface area (Å²) in [6, 6.07) is 9.07. The predicted octanol–water partition coefficient (Wildman–Crippen LogP) is 4.02. The van der Waals surface area contributed by atoms with Gasteiger partial charge in [-0.25, -0.2) is 12.8 Å². The largest absolute Gasteiger partial charge is 0.312 e. The number of carbonyl (C=O) groups is 1. The van der Waals surface area contributed by atoms with Crippen molar-refractivity contribution in [3.8, 4) is 0 Å². The Kier molecular flexibility index (Phi) is 5.05. The minimum absolute atomic E-state index is 0.102. The molecular formula is C20H20BrFN2O3S. The van der Waals surface area contributed by atoms with Gasteiger partial charge < -0.3 is 4.90 Å². The number of carbonyl (C=O) groups excluding carboxylic acids is 1. The maximum absolute atomic E-state index is 13.5. The molecule has 8 heteroatoms. The maximum Gasteiger partial charge on any atom is 0.244 e. The molecule has 148 valence electrons. The van der Waals surface area contributed by atoms with Crippen LogP contribution in [0.3, 0.4) is 0 Å². The number of rotatable bonds is 3. The van der Waals surface area contributed by atoms with Gasteiger partial charge in [-0.05, 0) is 70.6 Å². The number of hydrogen-bond donors (Lipinski definition) is 0. The van der Waals surface area contributed by atoms with Crippen LogP contribution in [0.5, 0.6) is 0 Å².